The van der Waals surface area contributed by atoms with Gasteiger partial charge in [-0.05, 0) is 56.4 Å². The van der Waals surface area contributed by atoms with Crippen LogP contribution in [0.4, 0.5) is 17.5 Å². The van der Waals surface area contributed by atoms with E-state index in [0.717, 1.165) is 79.8 Å². The van der Waals surface area contributed by atoms with Gasteiger partial charge in [-0.2, -0.15) is 4.98 Å². The van der Waals surface area contributed by atoms with Crippen LogP contribution in [0.5, 0.6) is 0 Å². The van der Waals surface area contributed by atoms with E-state index in [1.165, 1.54) is 5.69 Å². The Kier molecular flexibility index (Phi) is 5.50. The third kappa shape index (κ3) is 3.90. The molecule has 2 saturated heterocycles. The van der Waals surface area contributed by atoms with Crippen molar-refractivity contribution in [3.63, 3.8) is 0 Å². The highest BCUT2D eigenvalue weighted by atomic mass is 35.5. The summed E-state index contributed by atoms with van der Waals surface area (Å²) in [6, 6.07) is 8.11. The summed E-state index contributed by atoms with van der Waals surface area (Å²) in [6.07, 6.45) is 4.65. The molecule has 2 aromatic rings. The molecule has 4 aliphatic rings. The number of benzene rings is 1. The molecule has 6 rings (SSSR count). The zero-order chi connectivity index (χ0) is 22.6. The predicted molar refractivity (Wildman–Crippen MR) is 132 cm³/mol. The SMILES string of the molecule is O=[S@@]1CCCc2nc(N3C[C@H]4CN(c5ccc(Cl)cc5)C[C@H]4C3)nc(NC3(CO)CCC3)c21. The predicted octanol–water partition coefficient (Wildman–Crippen LogP) is 3.08. The van der Waals surface area contributed by atoms with Gasteiger partial charge in [0.1, 0.15) is 10.7 Å². The quantitative estimate of drug-likeness (QED) is 0.670. The van der Waals surface area contributed by atoms with Crippen LogP contribution in [0.25, 0.3) is 0 Å². The zero-order valence-electron chi connectivity index (χ0n) is 18.7. The van der Waals surface area contributed by atoms with Crippen LogP contribution >= 0.6 is 11.6 Å². The lowest BCUT2D eigenvalue weighted by Crippen LogP contribution is -2.49. The number of fused-ring (bicyclic) bond motifs is 2. The molecular weight excluding hydrogens is 458 g/mol. The number of hydrogen-bond acceptors (Lipinski definition) is 7. The van der Waals surface area contributed by atoms with Gasteiger partial charge in [-0.1, -0.05) is 11.6 Å². The minimum atomic E-state index is -1.09. The molecule has 0 radical (unpaired) electrons. The van der Waals surface area contributed by atoms with Gasteiger partial charge in [0.2, 0.25) is 5.95 Å². The van der Waals surface area contributed by atoms with Gasteiger partial charge in [0, 0.05) is 54.5 Å². The molecule has 1 aliphatic carbocycles. The molecule has 9 heteroatoms. The Labute approximate surface area is 202 Å². The summed E-state index contributed by atoms with van der Waals surface area (Å²) >= 11 is 6.06. The van der Waals surface area contributed by atoms with E-state index in [2.05, 4.69) is 27.2 Å². The second-order valence-electron chi connectivity index (χ2n) is 10.0. The van der Waals surface area contributed by atoms with E-state index in [1.54, 1.807) is 0 Å². The Morgan fingerprint density at radius 3 is 2.39 bits per heavy atom. The van der Waals surface area contributed by atoms with Gasteiger partial charge in [0.05, 0.1) is 28.6 Å². The van der Waals surface area contributed by atoms with Crippen LogP contribution in [-0.4, -0.2) is 63.4 Å². The molecule has 0 unspecified atom stereocenters. The number of aliphatic hydroxyl groups is 1. The van der Waals surface area contributed by atoms with E-state index < -0.39 is 10.8 Å². The van der Waals surface area contributed by atoms with Crippen LogP contribution in [0.1, 0.15) is 31.4 Å². The normalized spacial score (nSPS) is 27.8. The van der Waals surface area contributed by atoms with Crippen molar-refractivity contribution in [2.45, 2.75) is 42.5 Å². The van der Waals surface area contributed by atoms with Crippen molar-refractivity contribution in [3.05, 3.63) is 35.0 Å². The fraction of sp³-hybridized carbons (Fsp3) is 0.583. The highest BCUT2D eigenvalue weighted by Gasteiger charge is 2.42. The number of aryl methyl sites for hydroxylation is 1. The van der Waals surface area contributed by atoms with Gasteiger partial charge >= 0.3 is 0 Å². The van der Waals surface area contributed by atoms with E-state index in [0.29, 0.717) is 23.4 Å². The van der Waals surface area contributed by atoms with Crippen molar-refractivity contribution >= 4 is 39.9 Å². The molecule has 7 nitrogen and oxygen atoms in total. The van der Waals surface area contributed by atoms with Crippen LogP contribution in [0.2, 0.25) is 5.02 Å². The topological polar surface area (TPSA) is 81.6 Å². The van der Waals surface area contributed by atoms with Crippen molar-refractivity contribution in [2.24, 2.45) is 11.8 Å². The van der Waals surface area contributed by atoms with Crippen molar-refractivity contribution in [2.75, 3.05) is 53.7 Å². The first-order valence-corrected chi connectivity index (χ1v) is 13.7. The summed E-state index contributed by atoms with van der Waals surface area (Å²) in [5, 5.41) is 14.3. The monoisotopic (exact) mass is 487 g/mol. The van der Waals surface area contributed by atoms with E-state index in [-0.39, 0.29) is 12.1 Å². The third-order valence-electron chi connectivity index (χ3n) is 7.85. The average Bonchev–Trinajstić information content (AvgIpc) is 3.36. The molecule has 3 aliphatic heterocycles. The summed E-state index contributed by atoms with van der Waals surface area (Å²) in [5.74, 6) is 3.23. The van der Waals surface area contributed by atoms with Crippen molar-refractivity contribution < 1.29 is 9.32 Å². The van der Waals surface area contributed by atoms with Gasteiger partial charge in [0.15, 0.2) is 0 Å². The van der Waals surface area contributed by atoms with E-state index in [9.17, 15) is 9.32 Å². The first kappa shape index (κ1) is 21.6. The second kappa shape index (κ2) is 8.40. The first-order valence-electron chi connectivity index (χ1n) is 12.0. The average molecular weight is 488 g/mol. The molecule has 1 aromatic carbocycles. The number of nitrogens with zero attached hydrogens (tertiary/aromatic N) is 4. The summed E-state index contributed by atoms with van der Waals surface area (Å²) in [4.78, 5) is 15.4. The standard InChI is InChI=1S/C24H30ClN5O2S/c25-18-4-6-19(7-5-18)29-11-16-13-30(14-17(16)12-29)23-26-20-3-1-10-33(32)21(20)22(27-23)28-24(15-31)8-2-9-24/h4-7,16-17,31H,1-3,8-15H2,(H,26,27,28)/t16-,17+,33-/m1/s1. The van der Waals surface area contributed by atoms with E-state index in [1.807, 2.05) is 12.1 Å². The summed E-state index contributed by atoms with van der Waals surface area (Å²) in [5.41, 5.74) is 1.82. The zero-order valence-corrected chi connectivity index (χ0v) is 20.2. The molecule has 1 saturated carbocycles. The van der Waals surface area contributed by atoms with Crippen LogP contribution in [0, 0.1) is 11.8 Å². The van der Waals surface area contributed by atoms with Gasteiger partial charge in [-0.25, -0.2) is 4.98 Å². The highest BCUT2D eigenvalue weighted by Crippen LogP contribution is 2.40. The van der Waals surface area contributed by atoms with Gasteiger partial charge in [0.25, 0.3) is 0 Å². The smallest absolute Gasteiger partial charge is 0.227 e. The summed E-state index contributed by atoms with van der Waals surface area (Å²) < 4.78 is 12.9. The Balaban J connectivity index is 1.24. The van der Waals surface area contributed by atoms with Crippen molar-refractivity contribution in [3.8, 4) is 0 Å². The molecule has 4 heterocycles. The van der Waals surface area contributed by atoms with Crippen LogP contribution < -0.4 is 15.1 Å². The minimum Gasteiger partial charge on any atom is -0.394 e. The molecule has 0 amide bonds. The molecular formula is C24H30ClN5O2S. The lowest BCUT2D eigenvalue weighted by molar-refractivity contribution is 0.143. The molecule has 33 heavy (non-hydrogen) atoms. The number of aliphatic hydroxyl groups excluding tert-OH is 1. The van der Waals surface area contributed by atoms with Crippen molar-refractivity contribution in [1.29, 1.82) is 0 Å². The van der Waals surface area contributed by atoms with Gasteiger partial charge in [-0.15, -0.1) is 0 Å². The fourth-order valence-electron chi connectivity index (χ4n) is 5.79. The number of nitrogens with one attached hydrogen (secondary N) is 1. The number of aromatic nitrogens is 2. The number of halogens is 1. The van der Waals surface area contributed by atoms with Crippen LogP contribution in [0.3, 0.4) is 0 Å². The maximum atomic E-state index is 12.9. The van der Waals surface area contributed by atoms with Crippen LogP contribution in [0.15, 0.2) is 29.2 Å². The fourth-order valence-corrected chi connectivity index (χ4v) is 7.25. The Morgan fingerprint density at radius 1 is 1.06 bits per heavy atom. The molecule has 3 atom stereocenters. The van der Waals surface area contributed by atoms with Crippen LogP contribution in [-0.2, 0) is 17.2 Å². The first-order chi connectivity index (χ1) is 16.0. The maximum absolute atomic E-state index is 12.9. The number of hydrogen-bond donors (Lipinski definition) is 2. The molecule has 0 spiro atoms. The molecule has 1 aromatic heterocycles. The molecule has 3 fully saturated rings. The lowest BCUT2D eigenvalue weighted by atomic mass is 9.77. The number of rotatable bonds is 5. The maximum Gasteiger partial charge on any atom is 0.227 e. The van der Waals surface area contributed by atoms with Gasteiger partial charge in [-0.3, -0.25) is 4.21 Å². The second-order valence-corrected chi connectivity index (χ2v) is 12.0. The Morgan fingerprint density at radius 2 is 1.76 bits per heavy atom. The Hall–Kier alpha value is -1.90. The largest absolute Gasteiger partial charge is 0.394 e. The third-order valence-corrected chi connectivity index (χ3v) is 9.65. The Bertz CT molecular complexity index is 1060. The summed E-state index contributed by atoms with van der Waals surface area (Å²) in [6.45, 7) is 3.98. The highest BCUT2D eigenvalue weighted by molar-refractivity contribution is 7.85. The summed E-state index contributed by atoms with van der Waals surface area (Å²) in [7, 11) is -1.09. The minimum absolute atomic E-state index is 0.0716. The van der Waals surface area contributed by atoms with Crippen molar-refractivity contribution in [1.82, 2.24) is 9.97 Å². The number of anilines is 3. The molecule has 0 bridgehead atoms. The molecule has 176 valence electrons. The van der Waals surface area contributed by atoms with E-state index >= 15 is 0 Å². The molecule has 2 N–H and O–H groups in total. The lowest BCUT2D eigenvalue weighted by Gasteiger charge is -2.42. The van der Waals surface area contributed by atoms with Gasteiger partial charge < -0.3 is 20.2 Å². The van der Waals surface area contributed by atoms with E-state index in [4.69, 9.17) is 21.6 Å².